The molecule has 1 aliphatic heterocycles. The molecule has 9 heteroatoms. The standard InChI is InChI=1S/C7H9N5O4/c8-11-7-9-1-5(12(13)14)6(10-7)16-4-2-15-3-4/h1,4H,2-3,8H2,(H,9,10,11). The number of nitro groups is 1. The normalized spacial score (nSPS) is 15.3. The van der Waals surface area contributed by atoms with Crippen LogP contribution in [0.1, 0.15) is 0 Å². The number of ether oxygens (including phenoxy) is 2. The van der Waals surface area contributed by atoms with Gasteiger partial charge >= 0.3 is 5.69 Å². The van der Waals surface area contributed by atoms with Crippen molar-refractivity contribution in [2.45, 2.75) is 6.10 Å². The number of nitrogen functional groups attached to an aromatic ring is 1. The van der Waals surface area contributed by atoms with Crippen molar-refractivity contribution >= 4 is 11.6 Å². The lowest BCUT2D eigenvalue weighted by Gasteiger charge is -2.25. The van der Waals surface area contributed by atoms with Crippen LogP contribution in [-0.2, 0) is 4.74 Å². The topological polar surface area (TPSA) is 125 Å². The van der Waals surface area contributed by atoms with E-state index < -0.39 is 4.92 Å². The zero-order valence-corrected chi connectivity index (χ0v) is 8.12. The van der Waals surface area contributed by atoms with Crippen molar-refractivity contribution < 1.29 is 14.4 Å². The van der Waals surface area contributed by atoms with Gasteiger partial charge in [0, 0.05) is 0 Å². The molecule has 0 spiro atoms. The van der Waals surface area contributed by atoms with E-state index in [-0.39, 0.29) is 23.6 Å². The van der Waals surface area contributed by atoms with Crippen molar-refractivity contribution in [1.82, 2.24) is 9.97 Å². The Bertz CT molecular complexity index is 408. The van der Waals surface area contributed by atoms with E-state index in [9.17, 15) is 10.1 Å². The highest BCUT2D eigenvalue weighted by molar-refractivity contribution is 5.42. The molecular weight excluding hydrogens is 218 g/mol. The predicted molar refractivity (Wildman–Crippen MR) is 51.7 cm³/mol. The minimum Gasteiger partial charge on any atom is -0.464 e. The summed E-state index contributed by atoms with van der Waals surface area (Å²) in [6.07, 6.45) is 0.830. The summed E-state index contributed by atoms with van der Waals surface area (Å²) >= 11 is 0. The first kappa shape index (κ1) is 10.5. The molecule has 0 atom stereocenters. The van der Waals surface area contributed by atoms with Gasteiger partial charge in [0.15, 0.2) is 0 Å². The van der Waals surface area contributed by atoms with Gasteiger partial charge in [-0.15, -0.1) is 0 Å². The zero-order chi connectivity index (χ0) is 11.5. The van der Waals surface area contributed by atoms with Crippen LogP contribution in [0.4, 0.5) is 11.6 Å². The number of aromatic nitrogens is 2. The minimum absolute atomic E-state index is 0.0563. The molecule has 2 heterocycles. The molecule has 1 aromatic rings. The average Bonchev–Trinajstić information content (AvgIpc) is 2.22. The van der Waals surface area contributed by atoms with Gasteiger partial charge in [-0.3, -0.25) is 15.5 Å². The first-order valence-electron chi connectivity index (χ1n) is 4.43. The van der Waals surface area contributed by atoms with Gasteiger partial charge < -0.3 is 9.47 Å². The lowest BCUT2D eigenvalue weighted by molar-refractivity contribution is -0.386. The minimum atomic E-state index is -0.616. The van der Waals surface area contributed by atoms with Crippen molar-refractivity contribution in [1.29, 1.82) is 0 Å². The van der Waals surface area contributed by atoms with Gasteiger partial charge in [-0.1, -0.05) is 0 Å². The third kappa shape index (κ3) is 1.99. The van der Waals surface area contributed by atoms with Crippen LogP contribution < -0.4 is 16.0 Å². The highest BCUT2D eigenvalue weighted by Gasteiger charge is 2.26. The number of nitrogens with two attached hydrogens (primary N) is 1. The number of anilines is 1. The second kappa shape index (κ2) is 4.24. The molecule has 0 saturated carbocycles. The van der Waals surface area contributed by atoms with E-state index >= 15 is 0 Å². The van der Waals surface area contributed by atoms with Gasteiger partial charge in [-0.05, 0) is 0 Å². The predicted octanol–water partition coefficient (Wildman–Crippen LogP) is -0.552. The summed E-state index contributed by atoms with van der Waals surface area (Å²) in [5.74, 6) is 5.04. The first-order valence-corrected chi connectivity index (χ1v) is 4.43. The summed E-state index contributed by atoms with van der Waals surface area (Å²) in [4.78, 5) is 17.5. The average molecular weight is 227 g/mol. The molecule has 1 fully saturated rings. The van der Waals surface area contributed by atoms with Crippen LogP contribution in [0.25, 0.3) is 0 Å². The number of hydrogen-bond donors (Lipinski definition) is 2. The van der Waals surface area contributed by atoms with Gasteiger partial charge in [0.1, 0.15) is 12.3 Å². The molecule has 1 aliphatic rings. The Morgan fingerprint density at radius 3 is 2.94 bits per heavy atom. The maximum atomic E-state index is 10.7. The SMILES string of the molecule is NNc1ncc([N+](=O)[O-])c(OC2COC2)n1. The lowest BCUT2D eigenvalue weighted by atomic mass is 10.3. The molecular formula is C7H9N5O4. The van der Waals surface area contributed by atoms with Crippen molar-refractivity contribution in [2.24, 2.45) is 5.84 Å². The molecule has 2 rings (SSSR count). The van der Waals surface area contributed by atoms with Gasteiger partial charge in [0.25, 0.3) is 5.88 Å². The highest BCUT2D eigenvalue weighted by atomic mass is 16.6. The molecule has 0 radical (unpaired) electrons. The number of rotatable bonds is 4. The van der Waals surface area contributed by atoms with E-state index in [1.54, 1.807) is 0 Å². The second-order valence-corrected chi connectivity index (χ2v) is 3.06. The van der Waals surface area contributed by atoms with E-state index in [0.717, 1.165) is 6.20 Å². The Labute approximate surface area is 89.7 Å². The van der Waals surface area contributed by atoms with E-state index in [1.165, 1.54) is 0 Å². The fourth-order valence-electron chi connectivity index (χ4n) is 1.08. The lowest BCUT2D eigenvalue weighted by Crippen LogP contribution is -2.39. The molecule has 0 amide bonds. The number of hydrazine groups is 1. The summed E-state index contributed by atoms with van der Waals surface area (Å²) in [5.41, 5.74) is 1.89. The highest BCUT2D eigenvalue weighted by Crippen LogP contribution is 2.26. The maximum absolute atomic E-state index is 10.7. The summed E-state index contributed by atoms with van der Waals surface area (Å²) in [5, 5.41) is 10.7. The molecule has 1 saturated heterocycles. The monoisotopic (exact) mass is 227 g/mol. The third-order valence-corrected chi connectivity index (χ3v) is 1.95. The van der Waals surface area contributed by atoms with E-state index in [2.05, 4.69) is 15.4 Å². The van der Waals surface area contributed by atoms with Crippen LogP contribution in [-0.4, -0.2) is 34.2 Å². The van der Waals surface area contributed by atoms with Crippen LogP contribution in [0.2, 0.25) is 0 Å². The summed E-state index contributed by atoms with van der Waals surface area (Å²) in [6, 6.07) is 0. The van der Waals surface area contributed by atoms with E-state index in [0.29, 0.717) is 13.2 Å². The molecule has 0 aliphatic carbocycles. The Morgan fingerprint density at radius 2 is 2.44 bits per heavy atom. The third-order valence-electron chi connectivity index (χ3n) is 1.95. The van der Waals surface area contributed by atoms with Crippen LogP contribution in [0.3, 0.4) is 0 Å². The van der Waals surface area contributed by atoms with E-state index in [1.807, 2.05) is 0 Å². The van der Waals surface area contributed by atoms with Crippen molar-refractivity contribution in [3.63, 3.8) is 0 Å². The van der Waals surface area contributed by atoms with E-state index in [4.69, 9.17) is 15.3 Å². The molecule has 16 heavy (non-hydrogen) atoms. The molecule has 1 aromatic heterocycles. The van der Waals surface area contributed by atoms with Crippen LogP contribution in [0, 0.1) is 10.1 Å². The van der Waals surface area contributed by atoms with Crippen molar-refractivity contribution in [2.75, 3.05) is 18.6 Å². The second-order valence-electron chi connectivity index (χ2n) is 3.06. The quantitative estimate of drug-likeness (QED) is 0.398. The Hall–Kier alpha value is -2.00. The molecule has 9 nitrogen and oxygen atoms in total. The van der Waals surface area contributed by atoms with Crippen LogP contribution in [0.15, 0.2) is 6.20 Å². The van der Waals surface area contributed by atoms with Crippen LogP contribution in [0.5, 0.6) is 5.88 Å². The fourth-order valence-corrected chi connectivity index (χ4v) is 1.08. The fraction of sp³-hybridized carbons (Fsp3) is 0.429. The summed E-state index contributed by atoms with van der Waals surface area (Å²) < 4.78 is 10.2. The Kier molecular flexibility index (Phi) is 2.79. The maximum Gasteiger partial charge on any atom is 0.349 e. The molecule has 0 unspecified atom stereocenters. The molecule has 0 bridgehead atoms. The molecule has 86 valence electrons. The number of nitrogens with one attached hydrogen (secondary N) is 1. The van der Waals surface area contributed by atoms with Gasteiger partial charge in [0.05, 0.1) is 18.1 Å². The van der Waals surface area contributed by atoms with Crippen molar-refractivity contribution in [3.05, 3.63) is 16.3 Å². The van der Waals surface area contributed by atoms with Gasteiger partial charge in [0.2, 0.25) is 5.95 Å². The van der Waals surface area contributed by atoms with Gasteiger partial charge in [-0.25, -0.2) is 10.8 Å². The Balaban J connectivity index is 2.25. The summed E-state index contributed by atoms with van der Waals surface area (Å²) in [6.45, 7) is 0.791. The van der Waals surface area contributed by atoms with Gasteiger partial charge in [-0.2, -0.15) is 4.98 Å². The Morgan fingerprint density at radius 1 is 1.69 bits per heavy atom. The largest absolute Gasteiger partial charge is 0.464 e. The number of nitrogens with zero attached hydrogens (tertiary/aromatic N) is 3. The molecule has 0 aromatic carbocycles. The zero-order valence-electron chi connectivity index (χ0n) is 8.12. The van der Waals surface area contributed by atoms with Crippen molar-refractivity contribution in [3.8, 4) is 5.88 Å². The first-order chi connectivity index (χ1) is 7.70. The smallest absolute Gasteiger partial charge is 0.349 e. The van der Waals surface area contributed by atoms with Crippen LogP contribution >= 0.6 is 0 Å². The molecule has 3 N–H and O–H groups in total. The number of hydrogen-bond acceptors (Lipinski definition) is 8. The summed E-state index contributed by atoms with van der Waals surface area (Å²) in [7, 11) is 0.